The number of hydrogen-bond acceptors (Lipinski definition) is 6. The first kappa shape index (κ1) is 27.4. The lowest BCUT2D eigenvalue weighted by Gasteiger charge is -2.19. The van der Waals surface area contributed by atoms with Crippen molar-refractivity contribution in [2.24, 2.45) is 4.99 Å². The van der Waals surface area contributed by atoms with Crippen LogP contribution >= 0.6 is 11.8 Å². The molecule has 3 aromatic carbocycles. The normalized spacial score (nSPS) is 15.8. The highest BCUT2D eigenvalue weighted by Crippen LogP contribution is 2.35. The molecule has 1 fully saturated rings. The number of fused-ring (bicyclic) bond motifs is 1. The largest absolute Gasteiger partial charge is 0.573 e. The van der Waals surface area contributed by atoms with Crippen LogP contribution in [0.3, 0.4) is 0 Å². The molecule has 1 aliphatic carbocycles. The molecule has 2 heterocycles. The minimum absolute atomic E-state index is 0.130. The minimum atomic E-state index is -4.80. The Morgan fingerprint density at radius 1 is 1.07 bits per heavy atom. The number of ether oxygens (including phenoxy) is 1. The number of thioether (sulfide) groups is 1. The van der Waals surface area contributed by atoms with E-state index < -0.39 is 18.2 Å². The molecule has 0 saturated carbocycles. The van der Waals surface area contributed by atoms with Crippen LogP contribution in [-0.4, -0.2) is 44.0 Å². The lowest BCUT2D eigenvalue weighted by Crippen LogP contribution is -2.31. The van der Waals surface area contributed by atoms with Crippen molar-refractivity contribution in [3.63, 3.8) is 0 Å². The molecule has 0 unspecified atom stereocenters. The second-order valence-electron chi connectivity index (χ2n) is 9.36. The average Bonchev–Trinajstić information content (AvgIpc) is 3.70. The number of nitrogens with zero attached hydrogens (tertiary/aromatic N) is 5. The Kier molecular flexibility index (Phi) is 7.14. The Labute approximate surface area is 240 Å². The minimum Gasteiger partial charge on any atom is -0.406 e. The van der Waals surface area contributed by atoms with Crippen molar-refractivity contribution in [1.82, 2.24) is 14.8 Å². The number of halogens is 4. The molecule has 1 aliphatic heterocycles. The van der Waals surface area contributed by atoms with E-state index in [0.29, 0.717) is 11.3 Å². The summed E-state index contributed by atoms with van der Waals surface area (Å²) >= 11 is 1.14. The zero-order valence-electron chi connectivity index (χ0n) is 21.6. The second-order valence-corrected chi connectivity index (χ2v) is 10.3. The third-order valence-electron chi connectivity index (χ3n) is 6.62. The molecule has 214 valence electrons. The fourth-order valence-corrected chi connectivity index (χ4v) is 5.66. The standard InChI is InChI=1S/C28H20F4N6O3S/c29-21-13-17(25-33-15-37(36-25)18-8-10-19(11-9-18)41-28(30,31)32)7-12-22(21)34-26(40)35-27-38(24(39)14-42-27)23-6-2-4-16-3-1-5-20(16)23/h2,4,6-13,15H,1,3,5,14H2,(H,34,40). The monoisotopic (exact) mass is 596 g/mol. The van der Waals surface area contributed by atoms with Crippen molar-refractivity contribution in [3.05, 3.63) is 83.9 Å². The van der Waals surface area contributed by atoms with E-state index in [2.05, 4.69) is 25.1 Å². The number of carbonyl (C=O) groups is 2. The van der Waals surface area contributed by atoms with Gasteiger partial charge in [-0.2, -0.15) is 4.99 Å². The molecular formula is C28H20F4N6O3S. The number of amidine groups is 1. The Morgan fingerprint density at radius 3 is 2.64 bits per heavy atom. The summed E-state index contributed by atoms with van der Waals surface area (Å²) in [7, 11) is 0. The van der Waals surface area contributed by atoms with Crippen LogP contribution in [0.25, 0.3) is 17.1 Å². The summed E-state index contributed by atoms with van der Waals surface area (Å²) < 4.78 is 57.3. The molecule has 42 heavy (non-hydrogen) atoms. The van der Waals surface area contributed by atoms with E-state index in [-0.39, 0.29) is 34.1 Å². The highest BCUT2D eigenvalue weighted by atomic mass is 32.2. The number of alkyl halides is 3. The third-order valence-corrected chi connectivity index (χ3v) is 7.54. The molecule has 1 saturated heterocycles. The first-order chi connectivity index (χ1) is 20.1. The Morgan fingerprint density at radius 2 is 1.88 bits per heavy atom. The molecule has 6 rings (SSSR count). The molecule has 3 amide bonds. The van der Waals surface area contributed by atoms with Crippen LogP contribution in [0.5, 0.6) is 5.75 Å². The highest BCUT2D eigenvalue weighted by molar-refractivity contribution is 8.15. The van der Waals surface area contributed by atoms with Gasteiger partial charge in [-0.3, -0.25) is 9.69 Å². The maximum atomic E-state index is 15.0. The molecular weight excluding hydrogens is 576 g/mol. The number of carbonyl (C=O) groups excluding carboxylic acids is 2. The van der Waals surface area contributed by atoms with Crippen LogP contribution in [0.2, 0.25) is 0 Å². The molecule has 0 atom stereocenters. The van der Waals surface area contributed by atoms with Gasteiger partial charge in [-0.15, -0.1) is 18.3 Å². The van der Waals surface area contributed by atoms with Gasteiger partial charge in [0.2, 0.25) is 5.91 Å². The van der Waals surface area contributed by atoms with Crippen molar-refractivity contribution in [2.75, 3.05) is 16.0 Å². The van der Waals surface area contributed by atoms with Crippen LogP contribution in [0.15, 0.2) is 72.0 Å². The van der Waals surface area contributed by atoms with E-state index in [1.807, 2.05) is 18.2 Å². The number of anilines is 2. The molecule has 0 bridgehead atoms. The molecule has 1 aromatic heterocycles. The zero-order chi connectivity index (χ0) is 29.4. The summed E-state index contributed by atoms with van der Waals surface area (Å²) in [4.78, 5) is 35.1. The third kappa shape index (κ3) is 5.70. The first-order valence-corrected chi connectivity index (χ1v) is 13.7. The topological polar surface area (TPSA) is 102 Å². The average molecular weight is 597 g/mol. The van der Waals surface area contributed by atoms with Gasteiger partial charge in [0.15, 0.2) is 11.0 Å². The maximum absolute atomic E-state index is 15.0. The number of aromatic nitrogens is 3. The number of amides is 3. The van der Waals surface area contributed by atoms with Gasteiger partial charge in [0.05, 0.1) is 22.8 Å². The number of urea groups is 1. The van der Waals surface area contributed by atoms with E-state index >= 15 is 0 Å². The van der Waals surface area contributed by atoms with Crippen molar-refractivity contribution < 1.29 is 31.9 Å². The number of nitrogens with one attached hydrogen (secondary N) is 1. The quantitative estimate of drug-likeness (QED) is 0.278. The van der Waals surface area contributed by atoms with Gasteiger partial charge in [0, 0.05) is 5.56 Å². The van der Waals surface area contributed by atoms with Crippen LogP contribution < -0.4 is 15.0 Å². The number of aryl methyl sites for hydroxylation is 1. The first-order valence-electron chi connectivity index (χ1n) is 12.7. The Bertz CT molecular complexity index is 1720. The fourth-order valence-electron chi connectivity index (χ4n) is 4.80. The summed E-state index contributed by atoms with van der Waals surface area (Å²) in [6.45, 7) is 0. The predicted octanol–water partition coefficient (Wildman–Crippen LogP) is 6.13. The van der Waals surface area contributed by atoms with Crippen molar-refractivity contribution >= 4 is 40.2 Å². The number of hydrogen-bond donors (Lipinski definition) is 1. The van der Waals surface area contributed by atoms with Gasteiger partial charge in [0.25, 0.3) is 0 Å². The lowest BCUT2D eigenvalue weighted by atomic mass is 10.1. The van der Waals surface area contributed by atoms with Crippen LogP contribution in [0, 0.1) is 5.82 Å². The molecule has 0 radical (unpaired) electrons. The highest BCUT2D eigenvalue weighted by Gasteiger charge is 2.33. The van der Waals surface area contributed by atoms with E-state index in [1.165, 1.54) is 45.7 Å². The summed E-state index contributed by atoms with van der Waals surface area (Å²) in [5.74, 6) is -1.04. The van der Waals surface area contributed by atoms with Gasteiger partial charge in [-0.25, -0.2) is 18.9 Å². The van der Waals surface area contributed by atoms with Crippen LogP contribution in [-0.2, 0) is 17.6 Å². The predicted molar refractivity (Wildman–Crippen MR) is 148 cm³/mol. The number of aliphatic imine (C=N–C) groups is 1. The van der Waals surface area contributed by atoms with Gasteiger partial charge in [-0.05, 0) is 78.9 Å². The van der Waals surface area contributed by atoms with E-state index in [4.69, 9.17) is 0 Å². The van der Waals surface area contributed by atoms with Gasteiger partial charge < -0.3 is 10.1 Å². The smallest absolute Gasteiger partial charge is 0.406 e. The molecule has 4 aromatic rings. The summed E-state index contributed by atoms with van der Waals surface area (Å²) in [6.07, 6.45) is -0.709. The molecule has 2 aliphatic rings. The summed E-state index contributed by atoms with van der Waals surface area (Å²) in [5, 5.41) is 6.89. The number of benzene rings is 3. The van der Waals surface area contributed by atoms with Crippen molar-refractivity contribution in [3.8, 4) is 22.8 Å². The van der Waals surface area contributed by atoms with Crippen LogP contribution in [0.1, 0.15) is 17.5 Å². The zero-order valence-corrected chi connectivity index (χ0v) is 22.4. The summed E-state index contributed by atoms with van der Waals surface area (Å²) in [5.41, 5.74) is 3.55. The second kappa shape index (κ2) is 10.9. The molecule has 14 heteroatoms. The van der Waals surface area contributed by atoms with E-state index in [9.17, 15) is 27.2 Å². The van der Waals surface area contributed by atoms with E-state index in [0.717, 1.165) is 60.5 Å². The van der Waals surface area contributed by atoms with Crippen molar-refractivity contribution in [2.45, 2.75) is 25.6 Å². The maximum Gasteiger partial charge on any atom is 0.573 e. The van der Waals surface area contributed by atoms with Crippen LogP contribution in [0.4, 0.5) is 33.7 Å². The summed E-state index contributed by atoms with van der Waals surface area (Å²) in [6, 6.07) is 13.9. The van der Waals surface area contributed by atoms with Gasteiger partial charge in [0.1, 0.15) is 17.9 Å². The lowest BCUT2D eigenvalue weighted by molar-refractivity contribution is -0.274. The molecule has 9 nitrogen and oxygen atoms in total. The van der Waals surface area contributed by atoms with E-state index in [1.54, 1.807) is 0 Å². The number of rotatable bonds is 5. The Balaban J connectivity index is 1.16. The Hall–Kier alpha value is -4.72. The van der Waals surface area contributed by atoms with Gasteiger partial charge >= 0.3 is 12.4 Å². The van der Waals surface area contributed by atoms with Gasteiger partial charge in [-0.1, -0.05) is 23.9 Å². The van der Waals surface area contributed by atoms with Crippen molar-refractivity contribution in [1.29, 1.82) is 0 Å². The fraction of sp³-hybridized carbons (Fsp3) is 0.179. The molecule has 0 spiro atoms. The molecule has 1 N–H and O–H groups in total. The SMILES string of the molecule is O=C(N=C1SCC(=O)N1c1cccc2c1CCC2)Nc1ccc(-c2ncn(-c3ccc(OC(F)(F)F)cc3)n2)cc1F.